The second kappa shape index (κ2) is 5.27. The Kier molecular flexibility index (Phi) is 4.23. The van der Waals surface area contributed by atoms with Crippen molar-refractivity contribution in [2.75, 3.05) is 0 Å². The summed E-state index contributed by atoms with van der Waals surface area (Å²) in [6.07, 6.45) is 1.49. The zero-order chi connectivity index (χ0) is 13.1. The molecule has 0 radical (unpaired) electrons. The van der Waals surface area contributed by atoms with Crippen LogP contribution in [0, 0.1) is 15.5 Å². The van der Waals surface area contributed by atoms with Crippen molar-refractivity contribution in [3.8, 4) is 0 Å². The van der Waals surface area contributed by atoms with Gasteiger partial charge in [0.15, 0.2) is 0 Å². The lowest BCUT2D eigenvalue weighted by Crippen LogP contribution is -2.38. The van der Waals surface area contributed by atoms with Gasteiger partial charge in [0, 0.05) is 17.7 Å². The van der Waals surface area contributed by atoms with Gasteiger partial charge < -0.3 is 5.73 Å². The van der Waals surface area contributed by atoms with Crippen LogP contribution in [0.4, 0.5) is 5.69 Å². The summed E-state index contributed by atoms with van der Waals surface area (Å²) in [6, 6.07) is 6.73. The van der Waals surface area contributed by atoms with Gasteiger partial charge in [0.05, 0.1) is 4.92 Å². The molecule has 0 amide bonds. The molecule has 0 aromatic heterocycles. The first-order valence-electron chi connectivity index (χ1n) is 5.86. The van der Waals surface area contributed by atoms with Crippen molar-refractivity contribution in [2.45, 2.75) is 39.7 Å². The van der Waals surface area contributed by atoms with Gasteiger partial charge in [0.2, 0.25) is 0 Å². The molecule has 0 saturated carbocycles. The minimum Gasteiger partial charge on any atom is -0.327 e. The normalized spacial score (nSPS) is 13.4. The molecule has 0 saturated heterocycles. The van der Waals surface area contributed by atoms with Crippen LogP contribution in [-0.2, 0) is 6.42 Å². The Morgan fingerprint density at radius 3 is 2.53 bits per heavy atom. The van der Waals surface area contributed by atoms with Crippen LogP contribution in [0.1, 0.15) is 32.8 Å². The Morgan fingerprint density at radius 2 is 2.00 bits per heavy atom. The largest absolute Gasteiger partial charge is 0.327 e. The molecule has 0 aliphatic heterocycles. The molecule has 0 aliphatic carbocycles. The van der Waals surface area contributed by atoms with Crippen LogP contribution in [0.3, 0.4) is 0 Å². The summed E-state index contributed by atoms with van der Waals surface area (Å²) in [7, 11) is 0. The van der Waals surface area contributed by atoms with E-state index in [1.165, 1.54) is 6.07 Å². The van der Waals surface area contributed by atoms with Gasteiger partial charge in [-0.2, -0.15) is 0 Å². The number of nitro groups is 1. The van der Waals surface area contributed by atoms with Crippen molar-refractivity contribution in [3.63, 3.8) is 0 Å². The van der Waals surface area contributed by atoms with Gasteiger partial charge in [-0.05, 0) is 18.3 Å². The van der Waals surface area contributed by atoms with Gasteiger partial charge in [-0.15, -0.1) is 0 Å². The molecule has 17 heavy (non-hydrogen) atoms. The lowest BCUT2D eigenvalue weighted by atomic mass is 9.79. The molecule has 1 aromatic rings. The van der Waals surface area contributed by atoms with Crippen molar-refractivity contribution >= 4 is 5.69 Å². The Morgan fingerprint density at radius 1 is 1.41 bits per heavy atom. The molecule has 94 valence electrons. The van der Waals surface area contributed by atoms with Gasteiger partial charge in [-0.3, -0.25) is 10.1 Å². The third-order valence-corrected chi connectivity index (χ3v) is 3.54. The molecule has 0 fully saturated rings. The van der Waals surface area contributed by atoms with Gasteiger partial charge >= 0.3 is 0 Å². The first-order chi connectivity index (χ1) is 7.88. The van der Waals surface area contributed by atoms with E-state index in [4.69, 9.17) is 5.73 Å². The predicted molar refractivity (Wildman–Crippen MR) is 68.8 cm³/mol. The number of para-hydroxylation sites is 1. The zero-order valence-electron chi connectivity index (χ0n) is 10.6. The molecule has 0 heterocycles. The minimum absolute atomic E-state index is 0.0102. The van der Waals surface area contributed by atoms with E-state index in [9.17, 15) is 10.1 Å². The van der Waals surface area contributed by atoms with Crippen LogP contribution < -0.4 is 5.73 Å². The van der Waals surface area contributed by atoms with Crippen molar-refractivity contribution in [3.05, 3.63) is 39.9 Å². The smallest absolute Gasteiger partial charge is 0.272 e. The third-order valence-electron chi connectivity index (χ3n) is 3.54. The molecular formula is C13H20N2O2. The van der Waals surface area contributed by atoms with Crippen molar-refractivity contribution in [1.29, 1.82) is 0 Å². The Bertz CT molecular complexity index is 402. The average Bonchev–Trinajstić information content (AvgIpc) is 2.29. The van der Waals surface area contributed by atoms with Crippen LogP contribution in [0.25, 0.3) is 0 Å². The Hall–Kier alpha value is -1.42. The quantitative estimate of drug-likeness (QED) is 0.631. The standard InChI is InChI=1S/C13H20N2O2/c1-4-13(2,3)12(14)9-10-7-5-6-8-11(10)15(16)17/h5-8,12H,4,9,14H2,1-3H3. The van der Waals surface area contributed by atoms with E-state index in [1.54, 1.807) is 12.1 Å². The van der Waals surface area contributed by atoms with Crippen LogP contribution in [0.5, 0.6) is 0 Å². The maximum absolute atomic E-state index is 10.9. The minimum atomic E-state index is -0.346. The predicted octanol–water partition coefficient (Wildman–Crippen LogP) is 2.90. The van der Waals surface area contributed by atoms with Crippen LogP contribution in [-0.4, -0.2) is 11.0 Å². The van der Waals surface area contributed by atoms with E-state index in [-0.39, 0.29) is 22.1 Å². The highest BCUT2D eigenvalue weighted by atomic mass is 16.6. The van der Waals surface area contributed by atoms with Crippen molar-refractivity contribution in [2.24, 2.45) is 11.1 Å². The van der Waals surface area contributed by atoms with E-state index < -0.39 is 0 Å². The topological polar surface area (TPSA) is 69.2 Å². The molecule has 1 atom stereocenters. The number of rotatable bonds is 5. The number of hydrogen-bond donors (Lipinski definition) is 1. The summed E-state index contributed by atoms with van der Waals surface area (Å²) in [5.41, 5.74) is 7.01. The van der Waals surface area contributed by atoms with E-state index in [1.807, 2.05) is 6.07 Å². The highest BCUT2D eigenvalue weighted by Gasteiger charge is 2.26. The van der Waals surface area contributed by atoms with Gasteiger partial charge in [-0.25, -0.2) is 0 Å². The van der Waals surface area contributed by atoms with Gasteiger partial charge in [-0.1, -0.05) is 39.0 Å². The van der Waals surface area contributed by atoms with Crippen LogP contribution in [0.2, 0.25) is 0 Å². The molecule has 1 unspecified atom stereocenters. The highest BCUT2D eigenvalue weighted by Crippen LogP contribution is 2.28. The lowest BCUT2D eigenvalue weighted by Gasteiger charge is -2.30. The summed E-state index contributed by atoms with van der Waals surface area (Å²) in [5, 5.41) is 10.9. The highest BCUT2D eigenvalue weighted by molar-refractivity contribution is 5.40. The van der Waals surface area contributed by atoms with E-state index >= 15 is 0 Å². The summed E-state index contributed by atoms with van der Waals surface area (Å²) in [6.45, 7) is 6.26. The summed E-state index contributed by atoms with van der Waals surface area (Å²) in [5.74, 6) is 0. The molecule has 4 heteroatoms. The SMILES string of the molecule is CCC(C)(C)C(N)Cc1ccccc1[N+](=O)[O-]. The fourth-order valence-corrected chi connectivity index (χ4v) is 1.64. The molecule has 4 nitrogen and oxygen atoms in total. The first kappa shape index (κ1) is 13.6. The number of hydrogen-bond acceptors (Lipinski definition) is 3. The Labute approximate surface area is 102 Å². The van der Waals surface area contributed by atoms with Crippen molar-refractivity contribution in [1.82, 2.24) is 0 Å². The first-order valence-corrected chi connectivity index (χ1v) is 5.86. The number of nitro benzene ring substituents is 1. The number of nitrogens with two attached hydrogens (primary N) is 1. The molecule has 0 spiro atoms. The van der Waals surface area contributed by atoms with Crippen molar-refractivity contribution < 1.29 is 4.92 Å². The second-order valence-corrected chi connectivity index (χ2v) is 5.04. The van der Waals surface area contributed by atoms with Crippen LogP contribution in [0.15, 0.2) is 24.3 Å². The fraction of sp³-hybridized carbons (Fsp3) is 0.538. The van der Waals surface area contributed by atoms with Gasteiger partial charge in [0.25, 0.3) is 5.69 Å². The van der Waals surface area contributed by atoms with Gasteiger partial charge in [0.1, 0.15) is 0 Å². The molecule has 2 N–H and O–H groups in total. The molecule has 1 rings (SSSR count). The maximum Gasteiger partial charge on any atom is 0.272 e. The third kappa shape index (κ3) is 3.27. The second-order valence-electron chi connectivity index (χ2n) is 5.04. The number of benzene rings is 1. The fourth-order valence-electron chi connectivity index (χ4n) is 1.64. The molecule has 1 aromatic carbocycles. The van der Waals surface area contributed by atoms with Crippen LogP contribution >= 0.6 is 0 Å². The van der Waals surface area contributed by atoms with E-state index in [0.29, 0.717) is 12.0 Å². The molecule has 0 aliphatic rings. The maximum atomic E-state index is 10.9. The molecule has 0 bridgehead atoms. The lowest BCUT2D eigenvalue weighted by molar-refractivity contribution is -0.385. The van der Waals surface area contributed by atoms with E-state index in [0.717, 1.165) is 6.42 Å². The molecular weight excluding hydrogens is 216 g/mol. The summed E-state index contributed by atoms with van der Waals surface area (Å²) in [4.78, 5) is 10.5. The van der Waals surface area contributed by atoms with E-state index in [2.05, 4.69) is 20.8 Å². The summed E-state index contributed by atoms with van der Waals surface area (Å²) < 4.78 is 0. The average molecular weight is 236 g/mol. The zero-order valence-corrected chi connectivity index (χ0v) is 10.6. The summed E-state index contributed by atoms with van der Waals surface area (Å²) >= 11 is 0. The number of nitrogens with zero attached hydrogens (tertiary/aromatic N) is 1. The monoisotopic (exact) mass is 236 g/mol. The Balaban J connectivity index is 2.92.